The summed E-state index contributed by atoms with van der Waals surface area (Å²) in [6.07, 6.45) is 3.31. The molecule has 3 rings (SSSR count). The van der Waals surface area contributed by atoms with Gasteiger partial charge in [0.1, 0.15) is 0 Å². The second-order valence-electron chi connectivity index (χ2n) is 7.58. The molecule has 0 aromatic heterocycles. The highest BCUT2D eigenvalue weighted by atomic mass is 16.5. The minimum atomic E-state index is -0.606. The molecule has 1 heterocycles. The van der Waals surface area contributed by atoms with Crippen LogP contribution >= 0.6 is 0 Å². The standard InChI is InChI=1S/C21H26N2O5/c1-13-7-8-15(11-14(13)2)22-18(24)12-28-19(25)9-10-23-20(26)16-5-3-4-6-17(16)21(23)27/h7-8,11,16-17H,3-6,9-10,12H2,1-2H3,(H,22,24)/t16-,17-/m1/s1. The van der Waals surface area contributed by atoms with Crippen LogP contribution in [-0.2, 0) is 23.9 Å². The van der Waals surface area contributed by atoms with Gasteiger partial charge < -0.3 is 10.1 Å². The summed E-state index contributed by atoms with van der Waals surface area (Å²) in [4.78, 5) is 49.8. The van der Waals surface area contributed by atoms with Crippen molar-refractivity contribution in [2.45, 2.75) is 46.0 Å². The monoisotopic (exact) mass is 386 g/mol. The molecule has 150 valence electrons. The first-order valence-corrected chi connectivity index (χ1v) is 9.75. The summed E-state index contributed by atoms with van der Waals surface area (Å²) >= 11 is 0. The summed E-state index contributed by atoms with van der Waals surface area (Å²) in [6, 6.07) is 5.53. The summed E-state index contributed by atoms with van der Waals surface area (Å²) in [5, 5.41) is 2.68. The number of ether oxygens (including phenoxy) is 1. The Morgan fingerprint density at radius 1 is 1.07 bits per heavy atom. The number of nitrogens with zero attached hydrogens (tertiary/aromatic N) is 1. The number of benzene rings is 1. The van der Waals surface area contributed by atoms with Crippen LogP contribution in [0.4, 0.5) is 5.69 Å². The number of imide groups is 1. The number of nitrogens with one attached hydrogen (secondary N) is 1. The number of esters is 1. The van der Waals surface area contributed by atoms with E-state index in [4.69, 9.17) is 4.74 Å². The van der Waals surface area contributed by atoms with Crippen molar-refractivity contribution in [2.24, 2.45) is 11.8 Å². The highest BCUT2D eigenvalue weighted by Crippen LogP contribution is 2.37. The minimum absolute atomic E-state index is 0.0161. The molecule has 2 aliphatic rings. The second-order valence-corrected chi connectivity index (χ2v) is 7.58. The number of hydrogen-bond donors (Lipinski definition) is 1. The minimum Gasteiger partial charge on any atom is -0.456 e. The normalized spacial score (nSPS) is 21.4. The Morgan fingerprint density at radius 2 is 1.71 bits per heavy atom. The zero-order valence-electron chi connectivity index (χ0n) is 16.3. The fourth-order valence-electron chi connectivity index (χ4n) is 3.89. The van der Waals surface area contributed by atoms with Gasteiger partial charge in [-0.05, 0) is 49.9 Å². The van der Waals surface area contributed by atoms with Crippen molar-refractivity contribution in [1.29, 1.82) is 0 Å². The van der Waals surface area contributed by atoms with Crippen molar-refractivity contribution >= 4 is 29.4 Å². The molecule has 1 saturated carbocycles. The number of carbonyl (C=O) groups is 4. The molecule has 28 heavy (non-hydrogen) atoms. The average Bonchev–Trinajstić information content (AvgIpc) is 2.92. The fourth-order valence-corrected chi connectivity index (χ4v) is 3.89. The predicted octanol–water partition coefficient (Wildman–Crippen LogP) is 2.35. The van der Waals surface area contributed by atoms with Crippen LogP contribution in [0.5, 0.6) is 0 Å². The van der Waals surface area contributed by atoms with Gasteiger partial charge in [-0.2, -0.15) is 0 Å². The quantitative estimate of drug-likeness (QED) is 0.598. The predicted molar refractivity (Wildman–Crippen MR) is 102 cm³/mol. The third-order valence-electron chi connectivity index (χ3n) is 5.63. The van der Waals surface area contributed by atoms with Gasteiger partial charge in [0.15, 0.2) is 6.61 Å². The van der Waals surface area contributed by atoms with Crippen LogP contribution in [0.25, 0.3) is 0 Å². The van der Waals surface area contributed by atoms with Gasteiger partial charge in [0.2, 0.25) is 11.8 Å². The van der Waals surface area contributed by atoms with Crippen molar-refractivity contribution in [3.63, 3.8) is 0 Å². The van der Waals surface area contributed by atoms with Crippen LogP contribution in [0.3, 0.4) is 0 Å². The number of rotatable bonds is 6. The maximum absolute atomic E-state index is 12.4. The summed E-state index contributed by atoms with van der Waals surface area (Å²) < 4.78 is 4.98. The van der Waals surface area contributed by atoms with Crippen molar-refractivity contribution in [1.82, 2.24) is 4.90 Å². The Hall–Kier alpha value is -2.70. The van der Waals surface area contributed by atoms with Crippen molar-refractivity contribution in [2.75, 3.05) is 18.5 Å². The Balaban J connectivity index is 1.43. The average molecular weight is 386 g/mol. The largest absolute Gasteiger partial charge is 0.456 e. The van der Waals surface area contributed by atoms with Gasteiger partial charge in [-0.15, -0.1) is 0 Å². The van der Waals surface area contributed by atoms with Gasteiger partial charge in [0, 0.05) is 12.2 Å². The number of likely N-dealkylation sites (tertiary alicyclic amines) is 1. The highest BCUT2D eigenvalue weighted by Gasteiger charge is 2.47. The third-order valence-corrected chi connectivity index (χ3v) is 5.63. The maximum Gasteiger partial charge on any atom is 0.308 e. The Morgan fingerprint density at radius 3 is 2.32 bits per heavy atom. The number of anilines is 1. The molecule has 2 atom stereocenters. The van der Waals surface area contributed by atoms with Gasteiger partial charge in [-0.3, -0.25) is 24.1 Å². The van der Waals surface area contributed by atoms with Crippen LogP contribution in [-0.4, -0.2) is 41.7 Å². The molecule has 7 heteroatoms. The molecule has 3 amide bonds. The van der Waals surface area contributed by atoms with Gasteiger partial charge in [0.05, 0.1) is 18.3 Å². The van der Waals surface area contributed by atoms with E-state index in [2.05, 4.69) is 5.32 Å². The lowest BCUT2D eigenvalue weighted by molar-refractivity contribution is -0.148. The van der Waals surface area contributed by atoms with E-state index in [9.17, 15) is 19.2 Å². The number of aryl methyl sites for hydroxylation is 2. The molecule has 7 nitrogen and oxygen atoms in total. The molecule has 1 aromatic carbocycles. The number of fused-ring (bicyclic) bond motifs is 1. The topological polar surface area (TPSA) is 92.8 Å². The van der Waals surface area contributed by atoms with E-state index in [0.29, 0.717) is 5.69 Å². The van der Waals surface area contributed by atoms with Crippen molar-refractivity contribution in [3.05, 3.63) is 29.3 Å². The second kappa shape index (κ2) is 8.54. The summed E-state index contributed by atoms with van der Waals surface area (Å²) in [5.41, 5.74) is 2.81. The van der Waals surface area contributed by atoms with Crippen molar-refractivity contribution < 1.29 is 23.9 Å². The van der Waals surface area contributed by atoms with Gasteiger partial charge in [0.25, 0.3) is 5.91 Å². The van der Waals surface area contributed by atoms with Crippen molar-refractivity contribution in [3.8, 4) is 0 Å². The molecule has 0 bridgehead atoms. The maximum atomic E-state index is 12.4. The van der Waals surface area contributed by atoms with Crippen LogP contribution in [0, 0.1) is 25.7 Å². The van der Waals surface area contributed by atoms with Crippen LogP contribution in [0.2, 0.25) is 0 Å². The molecule has 1 aliphatic heterocycles. The Labute approximate surface area is 164 Å². The van der Waals surface area contributed by atoms with Crippen LogP contribution in [0.1, 0.15) is 43.2 Å². The Kier molecular flexibility index (Phi) is 6.11. The molecule has 0 unspecified atom stereocenters. The van der Waals surface area contributed by atoms with Gasteiger partial charge >= 0.3 is 5.97 Å². The van der Waals surface area contributed by atoms with E-state index in [1.165, 1.54) is 4.90 Å². The van der Waals surface area contributed by atoms with E-state index >= 15 is 0 Å². The summed E-state index contributed by atoms with van der Waals surface area (Å²) in [6.45, 7) is 3.54. The molecule has 0 spiro atoms. The lowest BCUT2D eigenvalue weighted by Gasteiger charge is -2.19. The first kappa shape index (κ1) is 20.0. The number of carbonyl (C=O) groups excluding carboxylic acids is 4. The lowest BCUT2D eigenvalue weighted by Crippen LogP contribution is -2.33. The van der Waals surface area contributed by atoms with Gasteiger partial charge in [-0.25, -0.2) is 0 Å². The SMILES string of the molecule is Cc1ccc(NC(=O)COC(=O)CCN2C(=O)[C@@H]3CCCC[C@H]3C2=O)cc1C. The number of hydrogen-bond acceptors (Lipinski definition) is 5. The molecular weight excluding hydrogens is 360 g/mol. The first-order chi connectivity index (χ1) is 13.4. The molecule has 1 aliphatic carbocycles. The molecule has 0 radical (unpaired) electrons. The smallest absolute Gasteiger partial charge is 0.308 e. The lowest BCUT2D eigenvalue weighted by atomic mass is 9.81. The van der Waals surface area contributed by atoms with Gasteiger partial charge in [-0.1, -0.05) is 18.9 Å². The zero-order valence-corrected chi connectivity index (χ0v) is 16.3. The Bertz CT molecular complexity index is 780. The zero-order chi connectivity index (χ0) is 20.3. The van der Waals surface area contributed by atoms with E-state index < -0.39 is 18.5 Å². The van der Waals surface area contributed by atoms with E-state index in [-0.39, 0.29) is 36.6 Å². The molecule has 1 N–H and O–H groups in total. The first-order valence-electron chi connectivity index (χ1n) is 9.75. The summed E-state index contributed by atoms with van der Waals surface area (Å²) in [7, 11) is 0. The molecule has 1 saturated heterocycles. The van der Waals surface area contributed by atoms with E-state index in [1.807, 2.05) is 26.0 Å². The van der Waals surface area contributed by atoms with Crippen LogP contribution < -0.4 is 5.32 Å². The van der Waals surface area contributed by atoms with E-state index in [0.717, 1.165) is 36.8 Å². The molecule has 2 fully saturated rings. The van der Waals surface area contributed by atoms with E-state index in [1.54, 1.807) is 6.07 Å². The highest BCUT2D eigenvalue weighted by molar-refractivity contribution is 6.05. The van der Waals surface area contributed by atoms with Crippen LogP contribution in [0.15, 0.2) is 18.2 Å². The molecular formula is C21H26N2O5. The third kappa shape index (κ3) is 4.40. The summed E-state index contributed by atoms with van der Waals surface area (Å²) in [5.74, 6) is -1.83. The fraction of sp³-hybridized carbons (Fsp3) is 0.524. The molecule has 1 aromatic rings. The number of amides is 3.